The molecule has 0 aliphatic heterocycles. The Bertz CT molecular complexity index is 1290. The van der Waals surface area contributed by atoms with Crippen LogP contribution in [0.2, 0.25) is 0 Å². The molecule has 0 saturated heterocycles. The molecule has 76 heavy (non-hydrogen) atoms. The van der Waals surface area contributed by atoms with Gasteiger partial charge in [-0.3, -0.25) is 18.6 Å². The maximum atomic E-state index is 12.7. The van der Waals surface area contributed by atoms with E-state index >= 15 is 0 Å². The standard InChI is InChI=1S/C66H130NO8P/c1-6-8-10-12-14-16-18-20-21-22-23-24-25-26-27-28-29-30-31-32-33-34-35-36-37-38-39-40-41-42-43-44-45-46-47-49-50-52-54-56-58-65(68)72-62-64(63-74-76(70,71)73-61-60-67(3,4)5)75-66(69)59-57-55-53-51-48-19-17-15-13-11-9-7-2/h15,17,64H,6-14,16,18-63H2,1-5H3/p+1/b17-15-. The Morgan fingerprint density at radius 1 is 0.395 bits per heavy atom. The van der Waals surface area contributed by atoms with Gasteiger partial charge < -0.3 is 18.9 Å². The number of phosphoric acid groups is 1. The van der Waals surface area contributed by atoms with Crippen LogP contribution in [0, 0.1) is 0 Å². The van der Waals surface area contributed by atoms with Gasteiger partial charge in [0.1, 0.15) is 19.8 Å². The number of quaternary nitrogens is 1. The van der Waals surface area contributed by atoms with E-state index in [1.807, 2.05) is 21.1 Å². The van der Waals surface area contributed by atoms with Crippen molar-refractivity contribution in [3.8, 4) is 0 Å². The molecule has 0 heterocycles. The zero-order valence-electron chi connectivity index (χ0n) is 51.5. The van der Waals surface area contributed by atoms with Gasteiger partial charge in [0.15, 0.2) is 6.10 Å². The molecule has 2 atom stereocenters. The summed E-state index contributed by atoms with van der Waals surface area (Å²) in [5.41, 5.74) is 0. The summed E-state index contributed by atoms with van der Waals surface area (Å²) in [6.45, 7) is 4.45. The molecule has 1 N–H and O–H groups in total. The Morgan fingerprint density at radius 2 is 0.671 bits per heavy atom. The highest BCUT2D eigenvalue weighted by molar-refractivity contribution is 7.47. The number of ether oxygens (including phenoxy) is 2. The predicted octanol–water partition coefficient (Wildman–Crippen LogP) is 21.2. The van der Waals surface area contributed by atoms with Gasteiger partial charge in [-0.2, -0.15) is 0 Å². The summed E-state index contributed by atoms with van der Waals surface area (Å²) < 4.78 is 34.5. The minimum absolute atomic E-state index is 0.0335. The van der Waals surface area contributed by atoms with Crippen molar-refractivity contribution >= 4 is 19.8 Å². The molecule has 0 bridgehead atoms. The van der Waals surface area contributed by atoms with E-state index in [2.05, 4.69) is 26.0 Å². The molecule has 0 aromatic heterocycles. The quantitative estimate of drug-likeness (QED) is 0.0211. The summed E-state index contributed by atoms with van der Waals surface area (Å²) in [7, 11) is 1.49. The van der Waals surface area contributed by atoms with Gasteiger partial charge in [0.25, 0.3) is 0 Å². The summed E-state index contributed by atoms with van der Waals surface area (Å²) in [5.74, 6) is -0.791. The van der Waals surface area contributed by atoms with E-state index in [9.17, 15) is 19.0 Å². The Morgan fingerprint density at radius 3 is 1.00 bits per heavy atom. The van der Waals surface area contributed by atoms with Gasteiger partial charge in [-0.05, 0) is 38.5 Å². The van der Waals surface area contributed by atoms with Crippen LogP contribution in [0.15, 0.2) is 12.2 Å². The van der Waals surface area contributed by atoms with Crippen molar-refractivity contribution in [1.29, 1.82) is 0 Å². The SMILES string of the molecule is CCCCC/C=C\CCCCCCCC(=O)OC(COC(=O)CCCCCCCCCCCCCCCCCCCCCCCCCCCCCCCCCCCCCCCCCC)COP(=O)(O)OCC[N+](C)(C)C. The lowest BCUT2D eigenvalue weighted by Gasteiger charge is -2.24. The van der Waals surface area contributed by atoms with Gasteiger partial charge in [-0.15, -0.1) is 0 Å². The lowest BCUT2D eigenvalue weighted by molar-refractivity contribution is -0.870. The Labute approximate surface area is 473 Å². The average Bonchev–Trinajstić information content (AvgIpc) is 3.38. The predicted molar refractivity (Wildman–Crippen MR) is 326 cm³/mol. The highest BCUT2D eigenvalue weighted by Gasteiger charge is 2.27. The highest BCUT2D eigenvalue weighted by Crippen LogP contribution is 2.43. The molecule has 10 heteroatoms. The van der Waals surface area contributed by atoms with Gasteiger partial charge in [0.05, 0.1) is 27.7 Å². The number of likely N-dealkylation sites (N-methyl/N-ethyl adjacent to an activating group) is 1. The number of esters is 2. The summed E-state index contributed by atoms with van der Waals surface area (Å²) in [4.78, 5) is 35.6. The molecule has 0 rings (SSSR count). The van der Waals surface area contributed by atoms with Crippen LogP contribution in [0.3, 0.4) is 0 Å². The van der Waals surface area contributed by atoms with Gasteiger partial charge >= 0.3 is 19.8 Å². The Hall–Kier alpha value is -1.25. The number of unbranched alkanes of at least 4 members (excludes halogenated alkanes) is 47. The molecule has 0 aromatic rings. The molecule has 0 aromatic carbocycles. The molecule has 0 aliphatic carbocycles. The van der Waals surface area contributed by atoms with Crippen molar-refractivity contribution in [2.75, 3.05) is 47.5 Å². The monoisotopic (exact) mass is 1100 g/mol. The molecule has 0 aliphatic rings. The second-order valence-corrected chi connectivity index (χ2v) is 25.7. The molecule has 0 saturated carbocycles. The number of hydrogen-bond donors (Lipinski definition) is 1. The number of rotatable bonds is 63. The molecule has 9 nitrogen and oxygen atoms in total. The molecule has 0 radical (unpaired) electrons. The smallest absolute Gasteiger partial charge is 0.462 e. The summed E-state index contributed by atoms with van der Waals surface area (Å²) in [5, 5.41) is 0. The number of allylic oxidation sites excluding steroid dienone is 2. The van der Waals surface area contributed by atoms with Crippen molar-refractivity contribution in [2.45, 2.75) is 354 Å². The van der Waals surface area contributed by atoms with E-state index in [-0.39, 0.29) is 25.6 Å². The van der Waals surface area contributed by atoms with E-state index < -0.39 is 26.5 Å². The van der Waals surface area contributed by atoms with Crippen LogP contribution in [0.4, 0.5) is 0 Å². The topological polar surface area (TPSA) is 108 Å². The fourth-order valence-electron chi connectivity index (χ4n) is 10.1. The first-order valence-corrected chi connectivity index (χ1v) is 34.9. The van der Waals surface area contributed by atoms with E-state index in [1.54, 1.807) is 0 Å². The van der Waals surface area contributed by atoms with Crippen molar-refractivity contribution in [3.63, 3.8) is 0 Å². The number of carbonyl (C=O) groups excluding carboxylic acids is 2. The van der Waals surface area contributed by atoms with Gasteiger partial charge in [-0.1, -0.05) is 309 Å². The van der Waals surface area contributed by atoms with Gasteiger partial charge in [0, 0.05) is 12.8 Å². The third kappa shape index (κ3) is 62.0. The number of carbonyl (C=O) groups is 2. The zero-order valence-corrected chi connectivity index (χ0v) is 52.4. The molecular weight excluding hydrogens is 966 g/mol. The number of nitrogens with zero attached hydrogens (tertiary/aromatic N) is 1. The van der Waals surface area contributed by atoms with Crippen LogP contribution in [-0.2, 0) is 32.7 Å². The maximum Gasteiger partial charge on any atom is 0.472 e. The van der Waals surface area contributed by atoms with Gasteiger partial charge in [-0.25, -0.2) is 4.57 Å². The molecular formula is C66H131NO8P+. The molecule has 2 unspecified atom stereocenters. The fourth-order valence-corrected chi connectivity index (χ4v) is 10.9. The lowest BCUT2D eigenvalue weighted by atomic mass is 10.0. The van der Waals surface area contributed by atoms with Gasteiger partial charge in [0.2, 0.25) is 0 Å². The van der Waals surface area contributed by atoms with Crippen LogP contribution in [0.5, 0.6) is 0 Å². The van der Waals surface area contributed by atoms with E-state index in [0.29, 0.717) is 23.9 Å². The third-order valence-electron chi connectivity index (χ3n) is 15.3. The molecule has 0 amide bonds. The second-order valence-electron chi connectivity index (χ2n) is 24.2. The van der Waals surface area contributed by atoms with Crippen molar-refractivity contribution in [3.05, 3.63) is 12.2 Å². The second kappa shape index (κ2) is 58.4. The van der Waals surface area contributed by atoms with Crippen LogP contribution < -0.4 is 0 Å². The maximum absolute atomic E-state index is 12.7. The van der Waals surface area contributed by atoms with E-state index in [1.165, 1.54) is 263 Å². The highest BCUT2D eigenvalue weighted by atomic mass is 31.2. The number of phosphoric ester groups is 1. The minimum Gasteiger partial charge on any atom is -0.462 e. The average molecular weight is 1100 g/mol. The summed E-state index contributed by atoms with van der Waals surface area (Å²) >= 11 is 0. The third-order valence-corrected chi connectivity index (χ3v) is 16.3. The van der Waals surface area contributed by atoms with E-state index in [0.717, 1.165) is 51.4 Å². The number of hydrogen-bond acceptors (Lipinski definition) is 7. The molecule has 0 fully saturated rings. The Kier molecular flexibility index (Phi) is 57.4. The van der Waals surface area contributed by atoms with Crippen molar-refractivity contribution in [2.24, 2.45) is 0 Å². The van der Waals surface area contributed by atoms with Crippen LogP contribution >= 0.6 is 7.82 Å². The first-order chi connectivity index (χ1) is 37.0. The Balaban J connectivity index is 3.77. The first kappa shape index (κ1) is 74.8. The van der Waals surface area contributed by atoms with Crippen LogP contribution in [0.1, 0.15) is 348 Å². The fraction of sp³-hybridized carbons (Fsp3) is 0.939. The van der Waals surface area contributed by atoms with Crippen molar-refractivity contribution in [1.82, 2.24) is 0 Å². The largest absolute Gasteiger partial charge is 0.472 e. The summed E-state index contributed by atoms with van der Waals surface area (Å²) in [6.07, 6.45) is 70.7. The molecule has 0 spiro atoms. The van der Waals surface area contributed by atoms with E-state index in [4.69, 9.17) is 18.5 Å². The zero-order chi connectivity index (χ0) is 55.6. The van der Waals surface area contributed by atoms with Crippen molar-refractivity contribution < 1.29 is 42.1 Å². The normalized spacial score (nSPS) is 13.2. The lowest BCUT2D eigenvalue weighted by Crippen LogP contribution is -2.37. The van der Waals surface area contributed by atoms with Crippen LogP contribution in [0.25, 0.3) is 0 Å². The first-order valence-electron chi connectivity index (χ1n) is 33.4. The minimum atomic E-state index is -4.38. The summed E-state index contributed by atoms with van der Waals surface area (Å²) in [6, 6.07) is 0. The molecule has 452 valence electrons. The van der Waals surface area contributed by atoms with Crippen LogP contribution in [-0.4, -0.2) is 74.9 Å².